The van der Waals surface area contributed by atoms with Gasteiger partial charge in [0.15, 0.2) is 0 Å². The zero-order valence-electron chi connectivity index (χ0n) is 7.80. The van der Waals surface area contributed by atoms with Crippen molar-refractivity contribution in [1.29, 1.82) is 5.26 Å². The van der Waals surface area contributed by atoms with E-state index in [2.05, 4.69) is 0 Å². The first-order valence-electron chi connectivity index (χ1n) is 4.02. The van der Waals surface area contributed by atoms with Crippen LogP contribution in [0, 0.1) is 11.3 Å². The summed E-state index contributed by atoms with van der Waals surface area (Å²) >= 11 is 0. The summed E-state index contributed by atoms with van der Waals surface area (Å²) in [7, 11) is 0. The maximum absolute atomic E-state index is 11.9. The van der Waals surface area contributed by atoms with Crippen molar-refractivity contribution in [3.63, 3.8) is 0 Å². The highest BCUT2D eigenvalue weighted by Crippen LogP contribution is 2.22. The first-order chi connectivity index (χ1) is 7.34. The third kappa shape index (κ3) is 2.63. The fourth-order valence-corrected chi connectivity index (χ4v) is 0.957. The Hall–Kier alpha value is -2.23. The minimum absolute atomic E-state index is 0.127. The summed E-state index contributed by atoms with van der Waals surface area (Å²) in [5.74, 6) is -2.13. The van der Waals surface area contributed by atoms with Crippen LogP contribution in [0.1, 0.15) is 5.56 Å². The Morgan fingerprint density at radius 1 is 1.44 bits per heavy atom. The molecule has 0 aliphatic heterocycles. The second-order valence-electron chi connectivity index (χ2n) is 2.87. The number of anilines is 2. The molecule has 1 aromatic rings. The number of benzene rings is 1. The highest BCUT2D eigenvalue weighted by atomic mass is 19.4. The van der Waals surface area contributed by atoms with E-state index < -0.39 is 12.1 Å². The van der Waals surface area contributed by atoms with E-state index >= 15 is 0 Å². The molecule has 0 radical (unpaired) electrons. The quantitative estimate of drug-likeness (QED) is 0.718. The molecule has 0 saturated heterocycles. The van der Waals surface area contributed by atoms with Crippen molar-refractivity contribution in [2.75, 3.05) is 11.1 Å². The molecule has 0 aliphatic carbocycles. The molecule has 0 aliphatic rings. The number of carbonyl (C=O) groups excluding carboxylic acids is 1. The van der Waals surface area contributed by atoms with E-state index in [9.17, 15) is 18.0 Å². The van der Waals surface area contributed by atoms with E-state index in [1.807, 2.05) is 0 Å². The number of alkyl halides is 3. The number of hydrogen-bond acceptors (Lipinski definition) is 3. The van der Waals surface area contributed by atoms with Gasteiger partial charge in [-0.05, 0) is 18.2 Å². The van der Waals surface area contributed by atoms with Gasteiger partial charge in [0.25, 0.3) is 0 Å². The first-order valence-corrected chi connectivity index (χ1v) is 4.02. The molecule has 0 bridgehead atoms. The molecule has 0 unspecified atom stereocenters. The Labute approximate surface area is 88.5 Å². The van der Waals surface area contributed by atoms with Crippen molar-refractivity contribution in [2.45, 2.75) is 6.18 Å². The molecule has 3 N–H and O–H groups in total. The van der Waals surface area contributed by atoms with E-state index in [-0.39, 0.29) is 16.9 Å². The minimum Gasteiger partial charge on any atom is -0.399 e. The Morgan fingerprint density at radius 2 is 2.06 bits per heavy atom. The van der Waals surface area contributed by atoms with Crippen LogP contribution in [0.2, 0.25) is 0 Å². The van der Waals surface area contributed by atoms with Crippen LogP contribution in [0.4, 0.5) is 24.5 Å². The van der Waals surface area contributed by atoms with Crippen LogP contribution in [0.3, 0.4) is 0 Å². The Kier molecular flexibility index (Phi) is 3.04. The predicted molar refractivity (Wildman–Crippen MR) is 50.3 cm³/mol. The molecule has 0 heterocycles. The number of nitrogens with one attached hydrogen (secondary N) is 1. The maximum Gasteiger partial charge on any atom is 0.471 e. The van der Waals surface area contributed by atoms with Gasteiger partial charge in [0.1, 0.15) is 6.07 Å². The molecule has 1 rings (SSSR count). The number of nitrogens with two attached hydrogens (primary N) is 1. The Bertz CT molecular complexity index is 462. The maximum atomic E-state index is 11.9. The fourth-order valence-electron chi connectivity index (χ4n) is 0.957. The molecular weight excluding hydrogens is 223 g/mol. The van der Waals surface area contributed by atoms with Crippen LogP contribution in [0.5, 0.6) is 0 Å². The zero-order valence-corrected chi connectivity index (χ0v) is 7.80. The van der Waals surface area contributed by atoms with Crippen molar-refractivity contribution in [3.8, 4) is 6.07 Å². The Balaban J connectivity index is 2.99. The van der Waals surface area contributed by atoms with E-state index in [1.165, 1.54) is 12.1 Å². The average molecular weight is 229 g/mol. The van der Waals surface area contributed by atoms with Crippen LogP contribution in [0.15, 0.2) is 18.2 Å². The van der Waals surface area contributed by atoms with E-state index in [1.54, 1.807) is 11.4 Å². The lowest BCUT2D eigenvalue weighted by Crippen LogP contribution is -2.30. The van der Waals surface area contributed by atoms with E-state index in [0.717, 1.165) is 6.07 Å². The molecule has 0 atom stereocenters. The highest BCUT2D eigenvalue weighted by Gasteiger charge is 2.38. The summed E-state index contributed by atoms with van der Waals surface area (Å²) in [6.07, 6.45) is -4.99. The van der Waals surface area contributed by atoms with Gasteiger partial charge in [-0.15, -0.1) is 0 Å². The van der Waals surface area contributed by atoms with Gasteiger partial charge in [-0.25, -0.2) is 0 Å². The average Bonchev–Trinajstić information content (AvgIpc) is 2.19. The van der Waals surface area contributed by atoms with Crippen molar-refractivity contribution in [1.82, 2.24) is 0 Å². The lowest BCUT2D eigenvalue weighted by atomic mass is 10.1. The smallest absolute Gasteiger partial charge is 0.399 e. The normalized spacial score (nSPS) is 10.6. The number of hydrogen-bond donors (Lipinski definition) is 2. The van der Waals surface area contributed by atoms with E-state index in [4.69, 9.17) is 11.0 Å². The van der Waals surface area contributed by atoms with Crippen LogP contribution >= 0.6 is 0 Å². The number of nitrogen functional groups attached to an aromatic ring is 1. The van der Waals surface area contributed by atoms with Crippen molar-refractivity contribution < 1.29 is 18.0 Å². The predicted octanol–water partition coefficient (Wildman–Crippen LogP) is 1.64. The molecule has 0 aromatic heterocycles. The van der Waals surface area contributed by atoms with Crippen LogP contribution in [-0.2, 0) is 4.79 Å². The van der Waals surface area contributed by atoms with Gasteiger partial charge < -0.3 is 11.1 Å². The number of nitrogens with zero attached hydrogens (tertiary/aromatic N) is 1. The van der Waals surface area contributed by atoms with Crippen molar-refractivity contribution in [3.05, 3.63) is 23.8 Å². The van der Waals surface area contributed by atoms with Gasteiger partial charge in [0, 0.05) is 5.69 Å². The zero-order chi connectivity index (χ0) is 12.3. The summed E-state index contributed by atoms with van der Waals surface area (Å²) in [6.45, 7) is 0. The summed E-state index contributed by atoms with van der Waals surface area (Å²) in [5, 5.41) is 10.2. The van der Waals surface area contributed by atoms with Crippen LogP contribution < -0.4 is 11.1 Å². The number of amides is 1. The van der Waals surface area contributed by atoms with Crippen molar-refractivity contribution >= 4 is 17.3 Å². The largest absolute Gasteiger partial charge is 0.471 e. The minimum atomic E-state index is -4.99. The molecule has 7 heteroatoms. The van der Waals surface area contributed by atoms with Crippen molar-refractivity contribution in [2.24, 2.45) is 0 Å². The van der Waals surface area contributed by atoms with Gasteiger partial charge in [-0.1, -0.05) is 0 Å². The Morgan fingerprint density at radius 3 is 2.56 bits per heavy atom. The lowest BCUT2D eigenvalue weighted by Gasteiger charge is -2.09. The number of halogens is 3. The number of nitriles is 1. The summed E-state index contributed by atoms with van der Waals surface area (Å²) in [5.41, 5.74) is 5.21. The SMILES string of the molecule is N#Cc1cc(N)ccc1NC(=O)C(F)(F)F. The summed E-state index contributed by atoms with van der Waals surface area (Å²) in [4.78, 5) is 10.6. The van der Waals surface area contributed by atoms with Gasteiger partial charge in [0.05, 0.1) is 11.3 Å². The van der Waals surface area contributed by atoms with Crippen LogP contribution in [-0.4, -0.2) is 12.1 Å². The van der Waals surface area contributed by atoms with Gasteiger partial charge in [0.2, 0.25) is 0 Å². The molecule has 1 amide bonds. The molecule has 0 saturated carbocycles. The summed E-state index contributed by atoms with van der Waals surface area (Å²) < 4.78 is 35.8. The standard InChI is InChI=1S/C9H6F3N3O/c10-9(11,12)8(16)15-7-2-1-6(14)3-5(7)4-13/h1-3H,14H2,(H,15,16). The molecule has 84 valence electrons. The lowest BCUT2D eigenvalue weighted by molar-refractivity contribution is -0.167. The third-order valence-electron chi connectivity index (χ3n) is 1.67. The highest BCUT2D eigenvalue weighted by molar-refractivity contribution is 5.96. The molecule has 0 fully saturated rings. The summed E-state index contributed by atoms with van der Waals surface area (Å²) in [6, 6.07) is 5.22. The topological polar surface area (TPSA) is 78.9 Å². The van der Waals surface area contributed by atoms with E-state index in [0.29, 0.717) is 0 Å². The second kappa shape index (κ2) is 4.10. The molecule has 1 aromatic carbocycles. The number of carbonyl (C=O) groups is 1. The molecule has 16 heavy (non-hydrogen) atoms. The van der Waals surface area contributed by atoms with Gasteiger partial charge in [-0.3, -0.25) is 4.79 Å². The third-order valence-corrected chi connectivity index (χ3v) is 1.67. The van der Waals surface area contributed by atoms with Gasteiger partial charge >= 0.3 is 12.1 Å². The number of rotatable bonds is 1. The monoisotopic (exact) mass is 229 g/mol. The second-order valence-corrected chi connectivity index (χ2v) is 2.87. The molecule has 0 spiro atoms. The van der Waals surface area contributed by atoms with Crippen LogP contribution in [0.25, 0.3) is 0 Å². The molecular formula is C9H6F3N3O. The van der Waals surface area contributed by atoms with Gasteiger partial charge in [-0.2, -0.15) is 18.4 Å². The first kappa shape index (κ1) is 11.8. The molecule has 4 nitrogen and oxygen atoms in total. The fraction of sp³-hybridized carbons (Fsp3) is 0.111.